The number of epoxide rings is 1. The van der Waals surface area contributed by atoms with E-state index in [1.807, 2.05) is 0 Å². The number of hydrogen-bond donors (Lipinski definition) is 5. The largest absolute Gasteiger partial charge is 0.394 e. The summed E-state index contributed by atoms with van der Waals surface area (Å²) >= 11 is 0. The van der Waals surface area contributed by atoms with Crippen molar-refractivity contribution in [3.63, 3.8) is 0 Å². The molecular weight excluding hydrogens is 220 g/mol. The van der Waals surface area contributed by atoms with Gasteiger partial charge in [0.2, 0.25) is 0 Å². The Morgan fingerprint density at radius 3 is 1.88 bits per heavy atom. The van der Waals surface area contributed by atoms with Crippen LogP contribution in [0, 0.1) is 0 Å². The lowest BCUT2D eigenvalue weighted by Gasteiger charge is -2.05. The zero-order valence-electron chi connectivity index (χ0n) is 9.03. The standard InChI is InChI=1S/C6H12O4.C3H8O3/c7-1-5(8)2-9-3-6-4-10-6;4-1-3(6)2-5/h5-8H,1-4H2;3-6H,1-2H2. The first kappa shape index (κ1) is 15.7. The number of aliphatic hydroxyl groups is 5. The summed E-state index contributed by atoms with van der Waals surface area (Å²) in [4.78, 5) is 0. The summed E-state index contributed by atoms with van der Waals surface area (Å²) in [6, 6.07) is 0. The van der Waals surface area contributed by atoms with Gasteiger partial charge in [0.1, 0.15) is 18.3 Å². The molecule has 2 atom stereocenters. The van der Waals surface area contributed by atoms with E-state index in [1.54, 1.807) is 0 Å². The van der Waals surface area contributed by atoms with Crippen molar-refractivity contribution >= 4 is 0 Å². The molecule has 1 aliphatic rings. The zero-order chi connectivity index (χ0) is 12.4. The van der Waals surface area contributed by atoms with Crippen LogP contribution in [0.1, 0.15) is 0 Å². The molecule has 0 saturated carbocycles. The topological polar surface area (TPSA) is 123 Å². The molecule has 1 heterocycles. The van der Waals surface area contributed by atoms with Gasteiger partial charge in [-0.05, 0) is 0 Å². The summed E-state index contributed by atoms with van der Waals surface area (Å²) in [7, 11) is 0. The van der Waals surface area contributed by atoms with E-state index in [0.29, 0.717) is 6.61 Å². The first-order valence-corrected chi connectivity index (χ1v) is 5.02. The quantitative estimate of drug-likeness (QED) is 0.302. The van der Waals surface area contributed by atoms with Gasteiger partial charge in [-0.3, -0.25) is 0 Å². The molecule has 16 heavy (non-hydrogen) atoms. The Hall–Kier alpha value is -0.280. The Balaban J connectivity index is 0.000000325. The second-order valence-corrected chi connectivity index (χ2v) is 3.35. The van der Waals surface area contributed by atoms with Crippen LogP contribution in [0.5, 0.6) is 0 Å². The van der Waals surface area contributed by atoms with Crippen LogP contribution in [0.25, 0.3) is 0 Å². The Kier molecular flexibility index (Phi) is 9.74. The molecule has 5 N–H and O–H groups in total. The average molecular weight is 240 g/mol. The van der Waals surface area contributed by atoms with E-state index >= 15 is 0 Å². The minimum atomic E-state index is -0.954. The van der Waals surface area contributed by atoms with Crippen molar-refractivity contribution in [2.24, 2.45) is 0 Å². The second-order valence-electron chi connectivity index (χ2n) is 3.35. The van der Waals surface area contributed by atoms with Crippen molar-refractivity contribution in [2.75, 3.05) is 39.6 Å². The van der Waals surface area contributed by atoms with E-state index in [-0.39, 0.29) is 32.5 Å². The van der Waals surface area contributed by atoms with Crippen molar-refractivity contribution in [1.82, 2.24) is 0 Å². The summed E-state index contributed by atoms with van der Waals surface area (Å²) in [6.45, 7) is 0.501. The van der Waals surface area contributed by atoms with Crippen LogP contribution < -0.4 is 0 Å². The molecule has 7 nitrogen and oxygen atoms in total. The lowest BCUT2D eigenvalue weighted by molar-refractivity contribution is 0.00216. The number of ether oxygens (including phenoxy) is 2. The van der Waals surface area contributed by atoms with E-state index < -0.39 is 12.2 Å². The van der Waals surface area contributed by atoms with Gasteiger partial charge in [-0.25, -0.2) is 0 Å². The molecular formula is C9H20O7. The number of aliphatic hydroxyl groups excluding tert-OH is 5. The van der Waals surface area contributed by atoms with Crippen LogP contribution in [-0.2, 0) is 9.47 Å². The van der Waals surface area contributed by atoms with E-state index in [1.165, 1.54) is 0 Å². The fraction of sp³-hybridized carbons (Fsp3) is 1.00. The fourth-order valence-corrected chi connectivity index (χ4v) is 0.610. The first-order chi connectivity index (χ1) is 7.63. The SMILES string of the molecule is OCC(O)CO.OCC(O)COCC1CO1. The summed E-state index contributed by atoms with van der Waals surface area (Å²) in [5.74, 6) is 0. The molecule has 0 aromatic heterocycles. The van der Waals surface area contributed by atoms with E-state index in [0.717, 1.165) is 6.61 Å². The van der Waals surface area contributed by atoms with Gasteiger partial charge in [0.15, 0.2) is 0 Å². The minimum Gasteiger partial charge on any atom is -0.394 e. The van der Waals surface area contributed by atoms with Crippen LogP contribution in [0.2, 0.25) is 0 Å². The van der Waals surface area contributed by atoms with Gasteiger partial charge in [-0.2, -0.15) is 0 Å². The van der Waals surface area contributed by atoms with E-state index in [4.69, 9.17) is 35.0 Å². The molecule has 1 saturated heterocycles. The molecule has 0 aromatic carbocycles. The molecule has 2 unspecified atom stereocenters. The second kappa shape index (κ2) is 9.91. The predicted octanol–water partition coefficient (Wildman–Crippen LogP) is -2.91. The third kappa shape index (κ3) is 10.2. The van der Waals surface area contributed by atoms with Crippen LogP contribution in [0.15, 0.2) is 0 Å². The van der Waals surface area contributed by atoms with Crippen LogP contribution >= 0.6 is 0 Å². The third-order valence-corrected chi connectivity index (χ3v) is 1.65. The molecule has 0 amide bonds. The predicted molar refractivity (Wildman–Crippen MR) is 53.8 cm³/mol. The normalized spacial score (nSPS) is 20.2. The highest BCUT2D eigenvalue weighted by atomic mass is 16.6. The lowest BCUT2D eigenvalue weighted by atomic mass is 10.4. The maximum Gasteiger partial charge on any atom is 0.104 e. The average Bonchev–Trinajstić information content (AvgIpc) is 3.12. The minimum absolute atomic E-state index is 0.191. The first-order valence-electron chi connectivity index (χ1n) is 5.02. The van der Waals surface area contributed by atoms with Gasteiger partial charge in [-0.1, -0.05) is 0 Å². The monoisotopic (exact) mass is 240 g/mol. The molecule has 0 radical (unpaired) electrons. The Bertz CT molecular complexity index is 147. The summed E-state index contributed by atoms with van der Waals surface area (Å²) in [5, 5.41) is 41.1. The van der Waals surface area contributed by atoms with Crippen LogP contribution in [-0.4, -0.2) is 83.5 Å². The Morgan fingerprint density at radius 2 is 1.56 bits per heavy atom. The van der Waals surface area contributed by atoms with Gasteiger partial charge in [0.25, 0.3) is 0 Å². The molecule has 1 aliphatic heterocycles. The molecule has 1 fully saturated rings. The van der Waals surface area contributed by atoms with Gasteiger partial charge in [-0.15, -0.1) is 0 Å². The van der Waals surface area contributed by atoms with Gasteiger partial charge >= 0.3 is 0 Å². The van der Waals surface area contributed by atoms with Crippen molar-refractivity contribution < 1.29 is 35.0 Å². The third-order valence-electron chi connectivity index (χ3n) is 1.65. The maximum atomic E-state index is 8.78. The zero-order valence-corrected chi connectivity index (χ0v) is 9.03. The Morgan fingerprint density at radius 1 is 1.06 bits per heavy atom. The highest BCUT2D eigenvalue weighted by Crippen LogP contribution is 2.08. The van der Waals surface area contributed by atoms with Gasteiger partial charge < -0.3 is 35.0 Å². The molecule has 0 spiro atoms. The summed E-state index contributed by atoms with van der Waals surface area (Å²) in [5.41, 5.74) is 0. The fourth-order valence-electron chi connectivity index (χ4n) is 0.610. The maximum absolute atomic E-state index is 8.78. The number of hydrogen-bond acceptors (Lipinski definition) is 7. The summed E-state index contributed by atoms with van der Waals surface area (Å²) in [6.07, 6.45) is -1.48. The number of rotatable bonds is 7. The highest BCUT2D eigenvalue weighted by molar-refractivity contribution is 4.67. The Labute approximate surface area is 93.9 Å². The van der Waals surface area contributed by atoms with Crippen molar-refractivity contribution in [3.8, 4) is 0 Å². The van der Waals surface area contributed by atoms with Crippen molar-refractivity contribution in [2.45, 2.75) is 18.3 Å². The van der Waals surface area contributed by atoms with Crippen LogP contribution in [0.4, 0.5) is 0 Å². The summed E-state index contributed by atoms with van der Waals surface area (Å²) < 4.78 is 9.83. The van der Waals surface area contributed by atoms with E-state index in [9.17, 15) is 0 Å². The molecule has 0 bridgehead atoms. The van der Waals surface area contributed by atoms with Gasteiger partial charge in [0.05, 0.1) is 39.6 Å². The smallest absolute Gasteiger partial charge is 0.104 e. The van der Waals surface area contributed by atoms with Crippen molar-refractivity contribution in [1.29, 1.82) is 0 Å². The molecule has 0 aromatic rings. The molecule has 0 aliphatic carbocycles. The van der Waals surface area contributed by atoms with Crippen molar-refractivity contribution in [3.05, 3.63) is 0 Å². The van der Waals surface area contributed by atoms with E-state index in [2.05, 4.69) is 0 Å². The van der Waals surface area contributed by atoms with Crippen LogP contribution in [0.3, 0.4) is 0 Å². The molecule has 98 valence electrons. The molecule has 7 heteroatoms. The molecule has 1 rings (SSSR count). The van der Waals surface area contributed by atoms with Gasteiger partial charge in [0, 0.05) is 0 Å². The lowest BCUT2D eigenvalue weighted by Crippen LogP contribution is -2.20. The highest BCUT2D eigenvalue weighted by Gasteiger charge is 2.22.